The average Bonchev–Trinajstić information content (AvgIpc) is 2.98. The second-order valence-electron chi connectivity index (χ2n) is 6.54. The number of hydrogen-bond acceptors (Lipinski definition) is 4. The number of rotatable bonds is 6. The van der Waals surface area contributed by atoms with Crippen LogP contribution in [-0.2, 0) is 16.1 Å². The summed E-state index contributed by atoms with van der Waals surface area (Å²) in [6.45, 7) is 3.05. The summed E-state index contributed by atoms with van der Waals surface area (Å²) in [6, 6.07) is 9.93. The Bertz CT molecular complexity index is 1110. The molecule has 0 atom stereocenters. The number of halogens is 3. The lowest BCUT2D eigenvalue weighted by Gasteiger charge is -2.09. The van der Waals surface area contributed by atoms with Crippen LogP contribution < -0.4 is 5.32 Å². The Morgan fingerprint density at radius 3 is 2.63 bits per heavy atom. The van der Waals surface area contributed by atoms with Crippen LogP contribution in [0.25, 0.3) is 0 Å². The predicted octanol–water partition coefficient (Wildman–Crippen LogP) is 4.28. The molecule has 0 fully saturated rings. The van der Waals surface area contributed by atoms with Crippen molar-refractivity contribution >= 4 is 29.2 Å². The van der Waals surface area contributed by atoms with E-state index in [0.717, 1.165) is 23.8 Å². The Kier molecular flexibility index (Phi) is 6.47. The van der Waals surface area contributed by atoms with Crippen molar-refractivity contribution in [3.63, 3.8) is 0 Å². The number of carbonyl (C=O) groups is 2. The second kappa shape index (κ2) is 9.04. The van der Waals surface area contributed by atoms with Crippen molar-refractivity contribution in [1.82, 2.24) is 9.78 Å². The Morgan fingerprint density at radius 2 is 1.90 bits per heavy atom. The number of aromatic nitrogens is 2. The molecule has 3 rings (SSSR count). The van der Waals surface area contributed by atoms with Gasteiger partial charge in [-0.05, 0) is 37.6 Å². The number of hydrogen-bond donors (Lipinski definition) is 1. The Morgan fingerprint density at radius 1 is 1.17 bits per heavy atom. The van der Waals surface area contributed by atoms with Crippen molar-refractivity contribution in [3.8, 4) is 0 Å². The van der Waals surface area contributed by atoms with Crippen LogP contribution in [0.3, 0.4) is 0 Å². The van der Waals surface area contributed by atoms with Crippen LogP contribution in [0.15, 0.2) is 42.5 Å². The summed E-state index contributed by atoms with van der Waals surface area (Å²) in [7, 11) is 0. The minimum absolute atomic E-state index is 0.229. The van der Waals surface area contributed by atoms with E-state index in [1.807, 2.05) is 18.2 Å². The molecule has 0 aliphatic carbocycles. The Hall–Kier alpha value is -3.26. The monoisotopic (exact) mass is 433 g/mol. The first-order valence-corrected chi connectivity index (χ1v) is 9.33. The predicted molar refractivity (Wildman–Crippen MR) is 108 cm³/mol. The molecule has 6 nitrogen and oxygen atoms in total. The molecule has 0 aliphatic heterocycles. The van der Waals surface area contributed by atoms with Gasteiger partial charge in [-0.3, -0.25) is 9.48 Å². The van der Waals surface area contributed by atoms with Gasteiger partial charge in [0.2, 0.25) is 0 Å². The molecule has 0 spiro atoms. The fraction of sp³-hybridized carbons (Fsp3) is 0.190. The van der Waals surface area contributed by atoms with E-state index in [9.17, 15) is 18.4 Å². The number of nitrogens with zero attached hydrogens (tertiary/aromatic N) is 2. The number of aryl methyl sites for hydroxylation is 1. The highest BCUT2D eigenvalue weighted by Crippen LogP contribution is 2.20. The number of anilines is 1. The van der Waals surface area contributed by atoms with Crippen molar-refractivity contribution in [3.05, 3.63) is 81.6 Å². The molecule has 1 N–H and O–H groups in total. The fourth-order valence-electron chi connectivity index (χ4n) is 2.92. The molecular formula is C21H18ClF2N3O3. The van der Waals surface area contributed by atoms with Crippen LogP contribution in [0, 0.1) is 25.5 Å². The van der Waals surface area contributed by atoms with Gasteiger partial charge in [0.15, 0.2) is 6.61 Å². The number of esters is 1. The minimum Gasteiger partial charge on any atom is -0.452 e. The van der Waals surface area contributed by atoms with Crippen LogP contribution in [0.4, 0.5) is 14.5 Å². The van der Waals surface area contributed by atoms with Gasteiger partial charge in [-0.25, -0.2) is 13.6 Å². The molecule has 2 aromatic carbocycles. The fourth-order valence-corrected chi connectivity index (χ4v) is 3.11. The molecule has 0 saturated heterocycles. The standard InChI is InChI=1S/C21H18ClF2N3O3/c1-12-20(13(2)27(26-12)10-14-5-3-4-6-16(14)22)21(29)30-11-19(28)25-18-9-15(23)7-8-17(18)24/h3-9H,10-11H2,1-2H3,(H,25,28). The van der Waals surface area contributed by atoms with Gasteiger partial charge in [0.05, 0.1) is 23.6 Å². The van der Waals surface area contributed by atoms with E-state index in [-0.39, 0.29) is 11.3 Å². The average molecular weight is 434 g/mol. The van der Waals surface area contributed by atoms with Gasteiger partial charge < -0.3 is 10.1 Å². The first-order chi connectivity index (χ1) is 14.3. The van der Waals surface area contributed by atoms with Crippen molar-refractivity contribution < 1.29 is 23.1 Å². The maximum Gasteiger partial charge on any atom is 0.342 e. The van der Waals surface area contributed by atoms with Crippen LogP contribution in [0.1, 0.15) is 27.3 Å². The third-order valence-electron chi connectivity index (χ3n) is 4.40. The number of benzene rings is 2. The molecule has 156 valence electrons. The zero-order chi connectivity index (χ0) is 21.8. The smallest absolute Gasteiger partial charge is 0.342 e. The van der Waals surface area contributed by atoms with Crippen LogP contribution in [0.2, 0.25) is 5.02 Å². The summed E-state index contributed by atoms with van der Waals surface area (Å²) in [4.78, 5) is 24.4. The first kappa shape index (κ1) is 21.4. The van der Waals surface area contributed by atoms with E-state index in [1.165, 1.54) is 0 Å². The summed E-state index contributed by atoms with van der Waals surface area (Å²) in [5, 5.41) is 7.09. The van der Waals surface area contributed by atoms with E-state index in [1.54, 1.807) is 24.6 Å². The van der Waals surface area contributed by atoms with E-state index in [4.69, 9.17) is 16.3 Å². The zero-order valence-corrected chi connectivity index (χ0v) is 17.0. The molecule has 1 aromatic heterocycles. The Labute approximate surface area is 176 Å². The van der Waals surface area contributed by atoms with Gasteiger partial charge >= 0.3 is 5.97 Å². The maximum absolute atomic E-state index is 13.6. The summed E-state index contributed by atoms with van der Waals surface area (Å²) < 4.78 is 33.4. The third kappa shape index (κ3) is 4.83. The number of nitrogens with one attached hydrogen (secondary N) is 1. The molecule has 30 heavy (non-hydrogen) atoms. The molecule has 1 amide bonds. The normalized spacial score (nSPS) is 10.7. The lowest BCUT2D eigenvalue weighted by atomic mass is 10.2. The Balaban J connectivity index is 1.67. The summed E-state index contributed by atoms with van der Waals surface area (Å²) >= 11 is 6.18. The van der Waals surface area contributed by atoms with Gasteiger partial charge in [-0.1, -0.05) is 29.8 Å². The second-order valence-corrected chi connectivity index (χ2v) is 6.95. The molecule has 0 radical (unpaired) electrons. The lowest BCUT2D eigenvalue weighted by molar-refractivity contribution is -0.119. The van der Waals surface area contributed by atoms with Gasteiger partial charge in [-0.2, -0.15) is 5.10 Å². The molecule has 9 heteroatoms. The van der Waals surface area contributed by atoms with Crippen molar-refractivity contribution in [2.45, 2.75) is 20.4 Å². The van der Waals surface area contributed by atoms with Crippen LogP contribution >= 0.6 is 11.6 Å². The van der Waals surface area contributed by atoms with Gasteiger partial charge in [-0.15, -0.1) is 0 Å². The quantitative estimate of drug-likeness (QED) is 0.589. The van der Waals surface area contributed by atoms with Crippen molar-refractivity contribution in [1.29, 1.82) is 0 Å². The molecule has 3 aromatic rings. The largest absolute Gasteiger partial charge is 0.452 e. The molecular weight excluding hydrogens is 416 g/mol. The number of carbonyl (C=O) groups excluding carboxylic acids is 2. The topological polar surface area (TPSA) is 73.2 Å². The minimum atomic E-state index is -0.802. The highest BCUT2D eigenvalue weighted by molar-refractivity contribution is 6.31. The summed E-state index contributed by atoms with van der Waals surface area (Å²) in [6.07, 6.45) is 0. The number of amides is 1. The van der Waals surface area contributed by atoms with Gasteiger partial charge in [0, 0.05) is 11.1 Å². The number of ether oxygens (including phenoxy) is 1. The van der Waals surface area contributed by atoms with E-state index < -0.39 is 30.1 Å². The maximum atomic E-state index is 13.6. The van der Waals surface area contributed by atoms with Crippen LogP contribution in [0.5, 0.6) is 0 Å². The van der Waals surface area contributed by atoms with Gasteiger partial charge in [0.1, 0.15) is 17.2 Å². The molecule has 0 aliphatic rings. The summed E-state index contributed by atoms with van der Waals surface area (Å²) in [5.74, 6) is -3.05. The van der Waals surface area contributed by atoms with Crippen molar-refractivity contribution in [2.75, 3.05) is 11.9 Å². The third-order valence-corrected chi connectivity index (χ3v) is 4.77. The molecule has 1 heterocycles. The highest BCUT2D eigenvalue weighted by Gasteiger charge is 2.21. The van der Waals surface area contributed by atoms with E-state index in [0.29, 0.717) is 23.0 Å². The molecule has 0 bridgehead atoms. The van der Waals surface area contributed by atoms with Gasteiger partial charge in [0.25, 0.3) is 5.91 Å². The SMILES string of the molecule is Cc1nn(Cc2ccccc2Cl)c(C)c1C(=O)OCC(=O)Nc1cc(F)ccc1F. The molecule has 0 unspecified atom stereocenters. The van der Waals surface area contributed by atoms with Crippen LogP contribution in [-0.4, -0.2) is 28.3 Å². The first-order valence-electron chi connectivity index (χ1n) is 8.95. The lowest BCUT2D eigenvalue weighted by Crippen LogP contribution is -2.22. The zero-order valence-electron chi connectivity index (χ0n) is 16.2. The van der Waals surface area contributed by atoms with Crippen molar-refractivity contribution in [2.24, 2.45) is 0 Å². The molecule has 0 saturated carbocycles. The highest BCUT2D eigenvalue weighted by atomic mass is 35.5. The summed E-state index contributed by atoms with van der Waals surface area (Å²) in [5.41, 5.74) is 1.71. The van der Waals surface area contributed by atoms with E-state index >= 15 is 0 Å². The van der Waals surface area contributed by atoms with E-state index in [2.05, 4.69) is 10.4 Å².